The summed E-state index contributed by atoms with van der Waals surface area (Å²) in [7, 11) is 6.75. The van der Waals surface area contributed by atoms with E-state index in [0.29, 0.717) is 119 Å². The topological polar surface area (TPSA) is 313 Å². The second kappa shape index (κ2) is 39.6. The summed E-state index contributed by atoms with van der Waals surface area (Å²) in [6, 6.07) is 72.2. The third-order valence-electron chi connectivity index (χ3n) is 19.3. The van der Waals surface area contributed by atoms with E-state index in [9.17, 15) is 69.6 Å². The number of nitrogens with zero attached hydrogens (tertiary/aromatic N) is 2. The van der Waals surface area contributed by atoms with Gasteiger partial charge in [0.2, 0.25) is 12.8 Å². The van der Waals surface area contributed by atoms with Gasteiger partial charge in [-0.2, -0.15) is 0 Å². The van der Waals surface area contributed by atoms with Crippen LogP contribution in [0, 0.1) is 0 Å². The third-order valence-corrected chi connectivity index (χ3v) is 19.3. The molecule has 6 N–H and O–H groups in total. The zero-order chi connectivity index (χ0) is 81.0. The van der Waals surface area contributed by atoms with E-state index in [4.69, 9.17) is 18.9 Å². The molecule has 16 bridgehead atoms. The van der Waals surface area contributed by atoms with Crippen molar-refractivity contribution in [2.45, 2.75) is 77.8 Å². The van der Waals surface area contributed by atoms with Crippen LogP contribution >= 0.6 is 0 Å². The van der Waals surface area contributed by atoms with Crippen LogP contribution in [0.4, 0.5) is 0 Å². The summed E-state index contributed by atoms with van der Waals surface area (Å²) in [5, 5.41) is 87.9. The molecule has 21 heteroatoms. The number of benzene rings is 12. The van der Waals surface area contributed by atoms with Crippen molar-refractivity contribution in [3.8, 4) is 46.0 Å². The predicted molar refractivity (Wildman–Crippen MR) is 426 cm³/mol. The van der Waals surface area contributed by atoms with Gasteiger partial charge in [-0.3, -0.25) is 9.59 Å². The normalized spacial score (nSPS) is 11.6. The average Bonchev–Trinajstić information content (AvgIpc) is 0.799. The summed E-state index contributed by atoms with van der Waals surface area (Å²) in [5.74, 6) is -1.25. The largest absolute Gasteiger partial charge is 2.00 e. The van der Waals surface area contributed by atoms with Crippen molar-refractivity contribution < 1.29 is 108 Å². The van der Waals surface area contributed by atoms with E-state index in [-0.39, 0.29) is 91.2 Å². The van der Waals surface area contributed by atoms with Crippen molar-refractivity contribution in [2.75, 3.05) is 28.2 Å². The van der Waals surface area contributed by atoms with E-state index in [1.165, 1.54) is 34.1 Å². The number of rotatable bonds is 18. The zero-order valence-electron chi connectivity index (χ0n) is 63.9. The minimum Gasteiger partial charge on any atom is -0.545 e. The van der Waals surface area contributed by atoms with E-state index in [2.05, 4.69) is 0 Å². The van der Waals surface area contributed by atoms with Gasteiger partial charge >= 0.3 is 31.4 Å². The Bertz CT molecular complexity index is 4620. The first-order valence-electron chi connectivity index (χ1n) is 36.6. The Morgan fingerprint density at radius 2 is 0.435 bits per heavy atom. The van der Waals surface area contributed by atoms with Crippen molar-refractivity contribution in [3.05, 3.63) is 376 Å². The van der Waals surface area contributed by atoms with E-state index >= 15 is 0 Å². The molecule has 0 saturated heterocycles. The van der Waals surface area contributed by atoms with Gasteiger partial charge in [0.15, 0.2) is 0 Å². The number of ether oxygens (including phenoxy) is 4. The molecule has 2 aliphatic rings. The summed E-state index contributed by atoms with van der Waals surface area (Å²) in [4.78, 5) is 67.0. The van der Waals surface area contributed by atoms with Crippen molar-refractivity contribution >= 4 is 36.7 Å². The molecule has 0 spiro atoms. The van der Waals surface area contributed by atoms with Crippen LogP contribution in [-0.4, -0.2) is 105 Å². The van der Waals surface area contributed by atoms with E-state index in [1.807, 2.05) is 146 Å². The Hall–Kier alpha value is -13.5. The number of carbonyl (C=O) groups is 6. The molecule has 2 aliphatic carbocycles. The molecule has 0 radical (unpaired) electrons. The predicted octanol–water partition coefficient (Wildman–Crippen LogP) is 13.4. The minimum atomic E-state index is -1.25. The Labute approximate surface area is 678 Å². The van der Waals surface area contributed by atoms with E-state index < -0.39 is 23.9 Å². The standard InChI is InChI=1S/2C44H36O8.2C3H7NO.Zn/c2*45-39-31-5-1-6-32(39)22-36-10-4-12-38(42(36)52-26-28-15-19-30(20-16-28)44(49)50)24-34-8-2-7-33(40(34)46)23-37-11-3-9-35(21-31)41(37)51-25-27-13-17-29(18-14-27)43(47)48;2*1-4(2)3-5;/h2*1-20,45-46H,21-26H2,(H,47,48)(H,49,50);2*3H,1-2H3;/q;;;;+2/p-2. The maximum absolute atomic E-state index is 11.7. The van der Waals surface area contributed by atoms with Gasteiger partial charge in [-0.25, -0.2) is 9.59 Å². The molecular weight excluding hydrogens is 1510 g/mol. The molecule has 0 aromatic heterocycles. The average molecular weight is 1600 g/mol. The number of carbonyl (C=O) groups excluding carboxylic acids is 4. The van der Waals surface area contributed by atoms with Crippen LogP contribution < -0.4 is 29.2 Å². The summed E-state index contributed by atoms with van der Waals surface area (Å²) in [6.45, 7) is 0.744. The van der Waals surface area contributed by atoms with Crippen LogP contribution in [0.3, 0.4) is 0 Å². The number of fused-ring (bicyclic) bond motifs is 16. The molecule has 0 aliphatic heterocycles. The Kier molecular flexibility index (Phi) is 28.9. The van der Waals surface area contributed by atoms with Crippen LogP contribution in [0.5, 0.6) is 46.0 Å². The Morgan fingerprint density at radius 1 is 0.287 bits per heavy atom. The van der Waals surface area contributed by atoms with Gasteiger partial charge in [-0.05, 0) is 147 Å². The maximum Gasteiger partial charge on any atom is 2.00 e. The van der Waals surface area contributed by atoms with Gasteiger partial charge in [-0.1, -0.05) is 218 Å². The number of carboxylic acid groups (broad SMARTS) is 4. The summed E-state index contributed by atoms with van der Waals surface area (Å²) < 4.78 is 26.0. The molecule has 12 aromatic rings. The molecule has 115 heavy (non-hydrogen) atoms. The second-order valence-corrected chi connectivity index (χ2v) is 28.0. The number of hydrogen-bond donors (Lipinski definition) is 6. The molecule has 0 heterocycles. The van der Waals surface area contributed by atoms with Crippen molar-refractivity contribution in [3.63, 3.8) is 0 Å². The van der Waals surface area contributed by atoms with Gasteiger partial charge in [0.05, 0.1) is 23.1 Å². The SMILES string of the molecule is CN(C)C=O.CN(C)C=O.O=C([O-])c1ccc(COc2c3cccc2Cc2cccc(c2O)Cc2cccc(c2OCc2ccc(C(=O)O)cc2)Cc2cccc(c2O)C3)cc1.O=C([O-])c1ccc(COc2c3cccc2Cc2cccc(c2O)Cc2cccc(c2OCc2ccc(C(=O)O)cc2)Cc2cccc(c2O)C3)cc1.[Zn+2]. The van der Waals surface area contributed by atoms with Crippen molar-refractivity contribution in [1.29, 1.82) is 0 Å². The monoisotopic (exact) mass is 1590 g/mol. The number of phenolic OH excluding ortho intramolecular Hbond substituents is 4. The number of aromatic carboxylic acids is 4. The zero-order valence-corrected chi connectivity index (χ0v) is 66.9. The van der Waals surface area contributed by atoms with Crippen LogP contribution in [0.1, 0.15) is 153 Å². The van der Waals surface area contributed by atoms with E-state index in [1.54, 1.807) is 101 Å². The number of amides is 2. The Balaban J connectivity index is 0.000000216. The first-order chi connectivity index (χ1) is 55.0. The quantitative estimate of drug-likeness (QED) is 0.0343. The fraction of sp³-hybridized carbons (Fsp3) is 0.170. The number of para-hydroxylation sites is 8. The van der Waals surface area contributed by atoms with Gasteiger partial charge < -0.3 is 79.2 Å². The molecule has 580 valence electrons. The van der Waals surface area contributed by atoms with Crippen LogP contribution in [-0.2, 0) is 107 Å². The number of aromatic hydroxyl groups is 4. The van der Waals surface area contributed by atoms with Gasteiger partial charge in [0.25, 0.3) is 0 Å². The fourth-order valence-electron chi connectivity index (χ4n) is 13.4. The van der Waals surface area contributed by atoms with Crippen LogP contribution in [0.25, 0.3) is 0 Å². The van der Waals surface area contributed by atoms with Crippen molar-refractivity contribution in [1.82, 2.24) is 9.80 Å². The first kappa shape index (κ1) is 83.9. The van der Waals surface area contributed by atoms with E-state index in [0.717, 1.165) is 79.6 Å². The third kappa shape index (κ3) is 22.0. The number of hydrogen-bond acceptors (Lipinski definition) is 16. The second-order valence-electron chi connectivity index (χ2n) is 28.0. The smallest absolute Gasteiger partial charge is 0.545 e. The molecule has 20 nitrogen and oxygen atoms in total. The first-order valence-corrected chi connectivity index (χ1v) is 36.6. The molecule has 14 rings (SSSR count). The molecular formula is C94H84N2O18Zn. The van der Waals surface area contributed by atoms with Crippen molar-refractivity contribution in [2.24, 2.45) is 0 Å². The molecule has 0 unspecified atom stereocenters. The molecule has 0 atom stereocenters. The van der Waals surface area contributed by atoms with Gasteiger partial charge in [-0.15, -0.1) is 0 Å². The fourth-order valence-corrected chi connectivity index (χ4v) is 13.4. The summed E-state index contributed by atoms with van der Waals surface area (Å²) in [5.41, 5.74) is 16.2. The van der Waals surface area contributed by atoms with Gasteiger partial charge in [0.1, 0.15) is 72.4 Å². The van der Waals surface area contributed by atoms with Crippen LogP contribution in [0.2, 0.25) is 0 Å². The summed E-state index contributed by atoms with van der Waals surface area (Å²) >= 11 is 0. The molecule has 12 aromatic carbocycles. The Morgan fingerprint density at radius 3 is 0.574 bits per heavy atom. The molecule has 2 amide bonds. The summed E-state index contributed by atoms with van der Waals surface area (Å²) in [6.07, 6.45) is 4.47. The maximum atomic E-state index is 11.7. The number of carboxylic acids is 4. The minimum absolute atomic E-state index is 0. The van der Waals surface area contributed by atoms with Gasteiger partial charge in [0, 0.05) is 79.6 Å². The molecule has 0 fully saturated rings. The molecule has 0 saturated carbocycles. The van der Waals surface area contributed by atoms with Crippen LogP contribution in [0.15, 0.2) is 243 Å². The number of phenols is 4.